The van der Waals surface area contributed by atoms with Crippen molar-refractivity contribution in [3.05, 3.63) is 78.6 Å². The van der Waals surface area contributed by atoms with Gasteiger partial charge in [0, 0.05) is 29.6 Å². The molecule has 0 saturated heterocycles. The minimum absolute atomic E-state index is 0.314. The highest BCUT2D eigenvalue weighted by Gasteiger charge is 2.26. The number of nitrogens with zero attached hydrogens (tertiary/aromatic N) is 3. The molecule has 7 heteroatoms. The predicted molar refractivity (Wildman–Crippen MR) is 123 cm³/mol. The Bertz CT molecular complexity index is 1420. The van der Waals surface area contributed by atoms with Crippen molar-refractivity contribution < 1.29 is 8.42 Å². The summed E-state index contributed by atoms with van der Waals surface area (Å²) < 4.78 is 24.8. The van der Waals surface area contributed by atoms with Crippen LogP contribution >= 0.6 is 0 Å². The van der Waals surface area contributed by atoms with Crippen LogP contribution < -0.4 is 4.90 Å². The third-order valence-corrected chi connectivity index (χ3v) is 7.90. The molecular formula is C24H22N4O2S. The van der Waals surface area contributed by atoms with Gasteiger partial charge in [0.2, 0.25) is 0 Å². The van der Waals surface area contributed by atoms with E-state index in [-0.39, 0.29) is 0 Å². The molecule has 0 spiro atoms. The average molecular weight is 431 g/mol. The van der Waals surface area contributed by atoms with E-state index < -0.39 is 15.1 Å². The predicted octanol–water partition coefficient (Wildman–Crippen LogP) is 4.80. The van der Waals surface area contributed by atoms with Crippen molar-refractivity contribution in [3.8, 4) is 11.3 Å². The highest BCUT2D eigenvalue weighted by Crippen LogP contribution is 2.38. The summed E-state index contributed by atoms with van der Waals surface area (Å²) in [6, 6.07) is 15.1. The van der Waals surface area contributed by atoms with Gasteiger partial charge in [-0.05, 0) is 31.5 Å². The van der Waals surface area contributed by atoms with Crippen LogP contribution in [0.1, 0.15) is 25.0 Å². The Labute approximate surface area is 181 Å². The lowest BCUT2D eigenvalue weighted by Gasteiger charge is -2.18. The number of benzene rings is 2. The van der Waals surface area contributed by atoms with Gasteiger partial charge in [0.15, 0.2) is 15.5 Å². The summed E-state index contributed by atoms with van der Waals surface area (Å²) in [7, 11) is -3.31. The number of anilines is 1. The molecule has 5 rings (SSSR count). The molecule has 31 heavy (non-hydrogen) atoms. The van der Waals surface area contributed by atoms with Gasteiger partial charge in [-0.15, -0.1) is 0 Å². The molecule has 3 heterocycles. The number of aromatic amines is 1. The maximum atomic E-state index is 12.4. The van der Waals surface area contributed by atoms with Crippen LogP contribution in [0.2, 0.25) is 0 Å². The monoisotopic (exact) mass is 430 g/mol. The Kier molecular flexibility index (Phi) is 4.44. The fourth-order valence-electron chi connectivity index (χ4n) is 3.89. The van der Waals surface area contributed by atoms with Gasteiger partial charge in [0.1, 0.15) is 5.52 Å². The van der Waals surface area contributed by atoms with Crippen LogP contribution in [0.4, 0.5) is 5.69 Å². The first kappa shape index (κ1) is 19.5. The minimum atomic E-state index is -3.31. The molecule has 4 aromatic rings. The Hall–Kier alpha value is -3.45. The fourth-order valence-corrected chi connectivity index (χ4v) is 4.95. The first-order valence-corrected chi connectivity index (χ1v) is 11.6. The molecule has 0 amide bonds. The smallest absolute Gasteiger partial charge is 0.180 e. The number of aromatic nitrogens is 3. The van der Waals surface area contributed by atoms with E-state index >= 15 is 0 Å². The van der Waals surface area contributed by atoms with Gasteiger partial charge in [-0.1, -0.05) is 43.0 Å². The maximum Gasteiger partial charge on any atom is 0.180 e. The topological polar surface area (TPSA) is 79.0 Å². The second-order valence-corrected chi connectivity index (χ2v) is 10.4. The first-order chi connectivity index (χ1) is 14.9. The number of fused-ring (bicyclic) bond motifs is 2. The first-order valence-electron chi connectivity index (χ1n) is 10.1. The summed E-state index contributed by atoms with van der Waals surface area (Å²) in [5.74, 6) is 0. The van der Waals surface area contributed by atoms with Crippen molar-refractivity contribution in [1.29, 1.82) is 0 Å². The van der Waals surface area contributed by atoms with E-state index in [9.17, 15) is 8.42 Å². The summed E-state index contributed by atoms with van der Waals surface area (Å²) in [5.41, 5.74) is 7.18. The summed E-state index contributed by atoms with van der Waals surface area (Å²) in [6.07, 6.45) is 3.60. The van der Waals surface area contributed by atoms with Crippen LogP contribution in [0.3, 0.4) is 0 Å². The Balaban J connectivity index is 1.53. The van der Waals surface area contributed by atoms with Gasteiger partial charge in [-0.3, -0.25) is 0 Å². The van der Waals surface area contributed by atoms with Gasteiger partial charge < -0.3 is 9.88 Å². The SMILES string of the molecule is C=C1c2ccccc2CN1c1c[nH]c2ncc(-c3ccc(S(=O)(=O)C(C)C)cc3)nc12. The molecule has 1 aliphatic rings. The van der Waals surface area contributed by atoms with E-state index in [0.29, 0.717) is 16.2 Å². The van der Waals surface area contributed by atoms with E-state index in [1.54, 1.807) is 44.3 Å². The van der Waals surface area contributed by atoms with Gasteiger partial charge >= 0.3 is 0 Å². The summed E-state index contributed by atoms with van der Waals surface area (Å²) in [6.45, 7) is 8.37. The standard InChI is InChI=1S/C24H22N4O2S/c1-15(2)31(29,30)19-10-8-17(9-11-19)21-12-25-24-23(27-21)22(13-26-24)28-14-18-6-4-5-7-20(18)16(28)3/h4-13,15H,3,14H2,1-2H3,(H,25,26). The van der Waals surface area contributed by atoms with Crippen molar-refractivity contribution in [1.82, 2.24) is 15.0 Å². The molecule has 0 aliphatic carbocycles. The third kappa shape index (κ3) is 3.13. The minimum Gasteiger partial charge on any atom is -0.343 e. The second kappa shape index (κ2) is 7.06. The van der Waals surface area contributed by atoms with Crippen LogP contribution in [0.25, 0.3) is 28.1 Å². The quantitative estimate of drug-likeness (QED) is 0.503. The van der Waals surface area contributed by atoms with Crippen LogP contribution in [0.5, 0.6) is 0 Å². The normalized spacial score (nSPS) is 13.9. The summed E-state index contributed by atoms with van der Waals surface area (Å²) >= 11 is 0. The van der Waals surface area contributed by atoms with Gasteiger partial charge in [-0.2, -0.15) is 0 Å². The molecule has 1 N–H and O–H groups in total. The Morgan fingerprint density at radius 2 is 1.84 bits per heavy atom. The lowest BCUT2D eigenvalue weighted by atomic mass is 10.1. The van der Waals surface area contributed by atoms with Crippen molar-refractivity contribution in [2.24, 2.45) is 0 Å². The lowest BCUT2D eigenvalue weighted by molar-refractivity contribution is 0.587. The molecule has 0 radical (unpaired) electrons. The summed E-state index contributed by atoms with van der Waals surface area (Å²) in [5, 5.41) is -0.463. The van der Waals surface area contributed by atoms with Crippen molar-refractivity contribution in [2.75, 3.05) is 4.90 Å². The van der Waals surface area contributed by atoms with Crippen LogP contribution in [-0.2, 0) is 16.4 Å². The summed E-state index contributed by atoms with van der Waals surface area (Å²) in [4.78, 5) is 15.0. The van der Waals surface area contributed by atoms with Crippen molar-refractivity contribution >= 4 is 32.4 Å². The molecule has 156 valence electrons. The zero-order chi connectivity index (χ0) is 21.8. The van der Waals surface area contributed by atoms with Crippen LogP contribution in [0, 0.1) is 0 Å². The zero-order valence-electron chi connectivity index (χ0n) is 17.3. The number of rotatable bonds is 4. The average Bonchev–Trinajstić information content (AvgIpc) is 3.34. The van der Waals surface area contributed by atoms with Gasteiger partial charge in [0.05, 0.1) is 27.7 Å². The molecule has 0 atom stereocenters. The van der Waals surface area contributed by atoms with Gasteiger partial charge in [-0.25, -0.2) is 18.4 Å². The van der Waals surface area contributed by atoms with Crippen LogP contribution in [0.15, 0.2) is 72.4 Å². The van der Waals surface area contributed by atoms with E-state index in [2.05, 4.69) is 33.6 Å². The molecule has 0 saturated carbocycles. The molecule has 0 bridgehead atoms. The van der Waals surface area contributed by atoms with E-state index in [1.165, 1.54) is 5.56 Å². The van der Waals surface area contributed by atoms with Crippen molar-refractivity contribution in [3.63, 3.8) is 0 Å². The lowest BCUT2D eigenvalue weighted by Crippen LogP contribution is -2.13. The second-order valence-electron chi connectivity index (χ2n) is 7.93. The largest absolute Gasteiger partial charge is 0.343 e. The Morgan fingerprint density at radius 1 is 1.10 bits per heavy atom. The number of hydrogen-bond acceptors (Lipinski definition) is 5. The molecule has 6 nitrogen and oxygen atoms in total. The maximum absolute atomic E-state index is 12.4. The Morgan fingerprint density at radius 3 is 2.55 bits per heavy atom. The zero-order valence-corrected chi connectivity index (χ0v) is 18.1. The molecule has 2 aromatic heterocycles. The highest BCUT2D eigenvalue weighted by atomic mass is 32.2. The number of H-pyrrole nitrogens is 1. The van der Waals surface area contributed by atoms with Crippen LogP contribution in [-0.4, -0.2) is 28.6 Å². The number of nitrogens with one attached hydrogen (secondary N) is 1. The van der Waals surface area contributed by atoms with Gasteiger partial charge in [0.25, 0.3) is 0 Å². The van der Waals surface area contributed by atoms with E-state index in [4.69, 9.17) is 4.98 Å². The number of hydrogen-bond donors (Lipinski definition) is 1. The molecule has 0 fully saturated rings. The van der Waals surface area contributed by atoms with E-state index in [0.717, 1.165) is 34.6 Å². The molecular weight excluding hydrogens is 408 g/mol. The molecule has 0 unspecified atom stereocenters. The number of sulfone groups is 1. The third-order valence-electron chi connectivity index (χ3n) is 5.73. The van der Waals surface area contributed by atoms with Crippen molar-refractivity contribution in [2.45, 2.75) is 30.5 Å². The van der Waals surface area contributed by atoms with E-state index in [1.807, 2.05) is 18.3 Å². The molecule has 2 aromatic carbocycles. The highest BCUT2D eigenvalue weighted by molar-refractivity contribution is 7.92. The molecule has 1 aliphatic heterocycles. The fraction of sp³-hybridized carbons (Fsp3) is 0.167.